The van der Waals surface area contributed by atoms with Gasteiger partial charge in [0.25, 0.3) is 0 Å². The van der Waals surface area contributed by atoms with Crippen LogP contribution in [-0.2, 0) is 16.0 Å². The van der Waals surface area contributed by atoms with Gasteiger partial charge in [0.15, 0.2) is 23.4 Å². The van der Waals surface area contributed by atoms with Crippen LogP contribution in [0.15, 0.2) is 12.1 Å². The van der Waals surface area contributed by atoms with E-state index in [-0.39, 0.29) is 0 Å². The molecule has 0 radical (unpaired) electrons. The van der Waals surface area contributed by atoms with Crippen molar-refractivity contribution in [2.45, 2.75) is 6.42 Å². The Morgan fingerprint density at radius 3 is 2.06 bits per heavy atom. The molecule has 0 aliphatic heterocycles. The highest BCUT2D eigenvalue weighted by Crippen LogP contribution is 2.18. The maximum Gasteiger partial charge on any atom is 0.318 e. The summed E-state index contributed by atoms with van der Waals surface area (Å²) in [5.74, 6) is -10.0. The summed E-state index contributed by atoms with van der Waals surface area (Å²) in [4.78, 5) is 21.1. The first-order valence-corrected chi connectivity index (χ1v) is 4.42. The summed E-state index contributed by atoms with van der Waals surface area (Å²) in [5.41, 5.74) is -0.501. The Hall–Kier alpha value is -2.05. The van der Waals surface area contributed by atoms with Crippen LogP contribution in [0.25, 0.3) is 0 Å². The van der Waals surface area contributed by atoms with Crippen LogP contribution in [0, 0.1) is 23.4 Å². The summed E-state index contributed by atoms with van der Waals surface area (Å²) < 4.78 is 38.5. The predicted molar refractivity (Wildman–Crippen MR) is 48.8 cm³/mol. The van der Waals surface area contributed by atoms with Gasteiger partial charge in [-0.3, -0.25) is 9.59 Å². The molecule has 1 rings (SSSR count). The average molecular weight is 248 g/mol. The monoisotopic (exact) mass is 248 g/mol. The standard InChI is InChI=1S/C10H7F3O4/c11-6-2-1-4(7(12)8(6)13)3-5(9(14)15)10(16)17/h1-2,5H,3H2,(H,14,15)(H,16,17). The molecule has 0 aromatic heterocycles. The molecule has 0 amide bonds. The van der Waals surface area contributed by atoms with Gasteiger partial charge >= 0.3 is 11.9 Å². The van der Waals surface area contributed by atoms with Crippen LogP contribution in [-0.4, -0.2) is 22.2 Å². The molecular weight excluding hydrogens is 241 g/mol. The van der Waals surface area contributed by atoms with Gasteiger partial charge in [0.1, 0.15) is 0 Å². The van der Waals surface area contributed by atoms with Gasteiger partial charge in [-0.2, -0.15) is 0 Å². The summed E-state index contributed by atoms with van der Waals surface area (Å²) in [5, 5.41) is 17.1. The zero-order valence-electron chi connectivity index (χ0n) is 8.28. The van der Waals surface area contributed by atoms with Gasteiger partial charge in [0, 0.05) is 0 Å². The Morgan fingerprint density at radius 1 is 1.06 bits per heavy atom. The van der Waals surface area contributed by atoms with Crippen molar-refractivity contribution in [3.63, 3.8) is 0 Å². The molecule has 0 bridgehead atoms. The van der Waals surface area contributed by atoms with Gasteiger partial charge in [-0.15, -0.1) is 0 Å². The number of hydrogen-bond acceptors (Lipinski definition) is 2. The molecule has 92 valence electrons. The van der Waals surface area contributed by atoms with Crippen molar-refractivity contribution in [1.29, 1.82) is 0 Å². The first-order valence-electron chi connectivity index (χ1n) is 4.42. The lowest BCUT2D eigenvalue weighted by atomic mass is 9.99. The van der Waals surface area contributed by atoms with E-state index in [9.17, 15) is 22.8 Å². The molecule has 17 heavy (non-hydrogen) atoms. The second kappa shape index (κ2) is 4.86. The number of aliphatic carboxylic acids is 2. The largest absolute Gasteiger partial charge is 0.481 e. The van der Waals surface area contributed by atoms with Crippen LogP contribution < -0.4 is 0 Å². The van der Waals surface area contributed by atoms with Crippen LogP contribution in [0.1, 0.15) is 5.56 Å². The van der Waals surface area contributed by atoms with E-state index < -0.39 is 47.3 Å². The Balaban J connectivity index is 3.06. The normalized spacial score (nSPS) is 10.6. The molecule has 0 saturated carbocycles. The first-order chi connectivity index (χ1) is 7.84. The minimum atomic E-state index is -1.91. The van der Waals surface area contributed by atoms with Gasteiger partial charge in [0.05, 0.1) is 0 Å². The Bertz CT molecular complexity index is 459. The maximum absolute atomic E-state index is 13.1. The molecule has 0 fully saturated rings. The van der Waals surface area contributed by atoms with Crippen molar-refractivity contribution in [2.75, 3.05) is 0 Å². The molecule has 2 N–H and O–H groups in total. The van der Waals surface area contributed by atoms with E-state index in [0.717, 1.165) is 6.07 Å². The molecule has 0 aliphatic carbocycles. The lowest BCUT2D eigenvalue weighted by Gasteiger charge is -2.08. The highest BCUT2D eigenvalue weighted by Gasteiger charge is 2.28. The second-order valence-corrected chi connectivity index (χ2v) is 3.27. The molecule has 0 spiro atoms. The fourth-order valence-corrected chi connectivity index (χ4v) is 1.22. The van der Waals surface area contributed by atoms with Crippen molar-refractivity contribution in [2.24, 2.45) is 5.92 Å². The summed E-state index contributed by atoms with van der Waals surface area (Å²) in [6.07, 6.45) is -0.756. The van der Waals surface area contributed by atoms with Crippen LogP contribution in [0.2, 0.25) is 0 Å². The van der Waals surface area contributed by atoms with E-state index in [1.165, 1.54) is 0 Å². The molecule has 0 saturated heterocycles. The molecule has 0 aliphatic rings. The van der Waals surface area contributed by atoms with Gasteiger partial charge in [-0.05, 0) is 18.1 Å². The van der Waals surface area contributed by atoms with Crippen LogP contribution in [0.4, 0.5) is 13.2 Å². The lowest BCUT2D eigenvalue weighted by Crippen LogP contribution is -2.26. The van der Waals surface area contributed by atoms with Crippen LogP contribution in [0.5, 0.6) is 0 Å². The van der Waals surface area contributed by atoms with Gasteiger partial charge < -0.3 is 10.2 Å². The van der Waals surface area contributed by atoms with E-state index >= 15 is 0 Å². The van der Waals surface area contributed by atoms with Gasteiger partial charge in [0.2, 0.25) is 0 Å². The Labute approximate surface area is 93.3 Å². The second-order valence-electron chi connectivity index (χ2n) is 3.27. The number of carboxylic acid groups (broad SMARTS) is 2. The number of hydrogen-bond donors (Lipinski definition) is 2. The smallest absolute Gasteiger partial charge is 0.318 e. The van der Waals surface area contributed by atoms with Crippen molar-refractivity contribution >= 4 is 11.9 Å². The van der Waals surface area contributed by atoms with E-state index in [4.69, 9.17) is 10.2 Å². The summed E-state index contributed by atoms with van der Waals surface area (Å²) in [6, 6.07) is 1.42. The first kappa shape index (κ1) is 13.0. The summed E-state index contributed by atoms with van der Waals surface area (Å²) in [7, 11) is 0. The van der Waals surface area contributed by atoms with Gasteiger partial charge in [-0.1, -0.05) is 6.07 Å². The molecule has 0 atom stereocenters. The molecular formula is C10H7F3O4. The number of carboxylic acids is 2. The maximum atomic E-state index is 13.1. The highest BCUT2D eigenvalue weighted by atomic mass is 19.2. The van der Waals surface area contributed by atoms with Crippen molar-refractivity contribution < 1.29 is 33.0 Å². The average Bonchev–Trinajstić information content (AvgIpc) is 2.24. The number of halogens is 3. The topological polar surface area (TPSA) is 74.6 Å². The molecule has 1 aromatic carbocycles. The zero-order chi connectivity index (χ0) is 13.2. The number of rotatable bonds is 4. The zero-order valence-corrected chi connectivity index (χ0v) is 8.28. The SMILES string of the molecule is O=C(O)C(Cc1ccc(F)c(F)c1F)C(=O)O. The summed E-state index contributed by atoms with van der Waals surface area (Å²) >= 11 is 0. The molecule has 0 unspecified atom stereocenters. The molecule has 7 heteroatoms. The minimum Gasteiger partial charge on any atom is -0.481 e. The molecule has 0 heterocycles. The summed E-state index contributed by atoms with van der Waals surface area (Å²) in [6.45, 7) is 0. The highest BCUT2D eigenvalue weighted by molar-refractivity contribution is 5.93. The Kier molecular flexibility index (Phi) is 3.72. The van der Waals surface area contributed by atoms with Crippen molar-refractivity contribution in [1.82, 2.24) is 0 Å². The molecule has 1 aromatic rings. The van der Waals surface area contributed by atoms with E-state index in [1.807, 2.05) is 0 Å². The lowest BCUT2D eigenvalue weighted by molar-refractivity contribution is -0.154. The third kappa shape index (κ3) is 2.74. The third-order valence-electron chi connectivity index (χ3n) is 2.14. The fraction of sp³-hybridized carbons (Fsp3) is 0.200. The quantitative estimate of drug-likeness (QED) is 0.624. The van der Waals surface area contributed by atoms with Crippen molar-refractivity contribution in [3.8, 4) is 0 Å². The Morgan fingerprint density at radius 2 is 1.59 bits per heavy atom. The molecule has 4 nitrogen and oxygen atoms in total. The van der Waals surface area contributed by atoms with Gasteiger partial charge in [-0.25, -0.2) is 13.2 Å². The van der Waals surface area contributed by atoms with Crippen molar-refractivity contribution in [3.05, 3.63) is 35.1 Å². The van der Waals surface area contributed by atoms with E-state index in [0.29, 0.717) is 6.07 Å². The van der Waals surface area contributed by atoms with Crippen LogP contribution >= 0.6 is 0 Å². The van der Waals surface area contributed by atoms with E-state index in [2.05, 4.69) is 0 Å². The number of carbonyl (C=O) groups is 2. The predicted octanol–water partition coefficient (Wildman–Crippen LogP) is 1.43. The minimum absolute atomic E-state index is 0.501. The fourth-order valence-electron chi connectivity index (χ4n) is 1.22. The van der Waals surface area contributed by atoms with E-state index in [1.54, 1.807) is 0 Å². The third-order valence-corrected chi connectivity index (χ3v) is 2.14. The number of benzene rings is 1. The van der Waals surface area contributed by atoms with Crippen LogP contribution in [0.3, 0.4) is 0 Å².